The van der Waals surface area contributed by atoms with Gasteiger partial charge in [0, 0.05) is 55.9 Å². The zero-order valence-electron chi connectivity index (χ0n) is 25.4. The minimum absolute atomic E-state index is 0.0426. The highest BCUT2D eigenvalue weighted by Gasteiger charge is 2.44. The molecule has 0 aromatic heterocycles. The maximum absolute atomic E-state index is 14.0. The Bertz CT molecular complexity index is 1240. The van der Waals surface area contributed by atoms with Crippen LogP contribution in [0.5, 0.6) is 5.75 Å². The van der Waals surface area contributed by atoms with Gasteiger partial charge in [-0.25, -0.2) is 0 Å². The van der Waals surface area contributed by atoms with Gasteiger partial charge in [-0.1, -0.05) is 17.7 Å². The number of morpholine rings is 1. The van der Waals surface area contributed by atoms with Crippen molar-refractivity contribution in [3.8, 4) is 5.75 Å². The second-order valence-electron chi connectivity index (χ2n) is 12.0. The number of nitrogens with zero attached hydrogens (tertiary/aromatic N) is 3. The van der Waals surface area contributed by atoms with E-state index in [0.717, 1.165) is 44.3 Å². The summed E-state index contributed by atoms with van der Waals surface area (Å²) in [5, 5.41) is 3.22. The molecule has 3 N–H and O–H groups in total. The molecule has 2 heterocycles. The Labute approximate surface area is 254 Å². The summed E-state index contributed by atoms with van der Waals surface area (Å²) < 4.78 is 10.8. The van der Waals surface area contributed by atoms with Crippen molar-refractivity contribution in [3.63, 3.8) is 0 Å². The largest absolute Gasteiger partial charge is 0.497 e. The number of carbonyl (C=O) groups is 3. The molecule has 2 saturated heterocycles. The number of nitrogens with two attached hydrogens (primary N) is 1. The first-order valence-corrected chi connectivity index (χ1v) is 15.5. The Morgan fingerprint density at radius 3 is 2.28 bits per heavy atom. The third-order valence-corrected chi connectivity index (χ3v) is 9.06. The van der Waals surface area contributed by atoms with Crippen LogP contribution in [0.15, 0.2) is 48.5 Å². The molecule has 10 nitrogen and oxygen atoms in total. The smallest absolute Gasteiger partial charge is 0.254 e. The van der Waals surface area contributed by atoms with Crippen LogP contribution in [0.4, 0.5) is 0 Å². The summed E-state index contributed by atoms with van der Waals surface area (Å²) in [6.45, 7) is 6.39. The van der Waals surface area contributed by atoms with Crippen LogP contribution in [0.2, 0.25) is 0 Å². The molecular weight excluding hydrogens is 546 g/mol. The molecule has 2 aliphatic heterocycles. The number of nitrogens with one attached hydrogen (secondary N) is 1. The lowest BCUT2D eigenvalue weighted by Gasteiger charge is -2.33. The molecule has 2 aromatic carbocycles. The van der Waals surface area contributed by atoms with Crippen LogP contribution in [0.3, 0.4) is 0 Å². The fourth-order valence-corrected chi connectivity index (χ4v) is 6.36. The van der Waals surface area contributed by atoms with Crippen LogP contribution in [-0.4, -0.2) is 110 Å². The first-order chi connectivity index (χ1) is 20.8. The van der Waals surface area contributed by atoms with Crippen molar-refractivity contribution in [1.29, 1.82) is 0 Å². The summed E-state index contributed by atoms with van der Waals surface area (Å²) in [5.41, 5.74) is 8.23. The number of hydrogen-bond donors (Lipinski definition) is 2. The summed E-state index contributed by atoms with van der Waals surface area (Å²) >= 11 is 0. The van der Waals surface area contributed by atoms with Gasteiger partial charge in [-0.3, -0.25) is 19.3 Å². The van der Waals surface area contributed by atoms with Crippen molar-refractivity contribution in [3.05, 3.63) is 65.2 Å². The average Bonchev–Trinajstić information content (AvgIpc) is 3.48. The summed E-state index contributed by atoms with van der Waals surface area (Å²) in [6.07, 6.45) is 3.78. The fraction of sp³-hybridized carbons (Fsp3) is 0.545. The highest BCUT2D eigenvalue weighted by molar-refractivity contribution is 5.99. The SMILES string of the molecule is COc1ccc(C(=O)N(CCN2CCOCC2)C2CC(C(=O)NC3CCC(N)CC3)N(C(=O)c3ccc(C)cc3)C2)cc1. The van der Waals surface area contributed by atoms with E-state index >= 15 is 0 Å². The van der Waals surface area contributed by atoms with Gasteiger partial charge in [0.25, 0.3) is 11.8 Å². The van der Waals surface area contributed by atoms with Gasteiger partial charge in [-0.05, 0) is 75.4 Å². The summed E-state index contributed by atoms with van der Waals surface area (Å²) in [7, 11) is 1.59. The molecule has 0 spiro atoms. The molecule has 2 unspecified atom stereocenters. The first-order valence-electron chi connectivity index (χ1n) is 15.5. The fourth-order valence-electron chi connectivity index (χ4n) is 6.36. The van der Waals surface area contributed by atoms with Crippen molar-refractivity contribution in [2.75, 3.05) is 53.0 Å². The monoisotopic (exact) mass is 591 g/mol. The molecule has 2 aromatic rings. The lowest BCUT2D eigenvalue weighted by molar-refractivity contribution is -0.125. The van der Waals surface area contributed by atoms with E-state index in [2.05, 4.69) is 10.2 Å². The molecule has 3 fully saturated rings. The quantitative estimate of drug-likeness (QED) is 0.460. The molecular formula is C33H45N5O5. The Kier molecular flexibility index (Phi) is 10.3. The van der Waals surface area contributed by atoms with E-state index in [1.165, 1.54) is 0 Å². The molecule has 1 aliphatic carbocycles. The van der Waals surface area contributed by atoms with Crippen LogP contribution >= 0.6 is 0 Å². The van der Waals surface area contributed by atoms with Crippen LogP contribution in [0.1, 0.15) is 58.4 Å². The van der Waals surface area contributed by atoms with Crippen molar-refractivity contribution >= 4 is 17.7 Å². The number of aryl methyl sites for hydroxylation is 1. The molecule has 3 amide bonds. The van der Waals surface area contributed by atoms with Gasteiger partial charge >= 0.3 is 0 Å². The minimum Gasteiger partial charge on any atom is -0.497 e. The molecule has 0 bridgehead atoms. The summed E-state index contributed by atoms with van der Waals surface area (Å²) in [6, 6.07) is 13.7. The maximum Gasteiger partial charge on any atom is 0.254 e. The lowest BCUT2D eigenvalue weighted by atomic mass is 9.91. The van der Waals surface area contributed by atoms with E-state index in [0.29, 0.717) is 49.6 Å². The van der Waals surface area contributed by atoms with Gasteiger partial charge in [0.15, 0.2) is 0 Å². The number of likely N-dealkylation sites (tertiary alicyclic amines) is 1. The van der Waals surface area contributed by atoms with Gasteiger partial charge in [-0.15, -0.1) is 0 Å². The van der Waals surface area contributed by atoms with Gasteiger partial charge in [-0.2, -0.15) is 0 Å². The normalized spacial score (nSPS) is 24.4. The average molecular weight is 592 g/mol. The van der Waals surface area contributed by atoms with Gasteiger partial charge in [0.05, 0.1) is 26.4 Å². The van der Waals surface area contributed by atoms with E-state index in [1.807, 2.05) is 24.0 Å². The molecule has 1 saturated carbocycles. The van der Waals surface area contributed by atoms with E-state index in [1.54, 1.807) is 48.4 Å². The highest BCUT2D eigenvalue weighted by Crippen LogP contribution is 2.28. The number of amides is 3. The number of carbonyl (C=O) groups excluding carboxylic acids is 3. The van der Waals surface area contributed by atoms with Crippen LogP contribution in [0, 0.1) is 6.92 Å². The van der Waals surface area contributed by atoms with E-state index in [9.17, 15) is 14.4 Å². The zero-order chi connectivity index (χ0) is 30.3. The molecule has 2 atom stereocenters. The number of methoxy groups -OCH3 is 1. The van der Waals surface area contributed by atoms with Crippen LogP contribution in [-0.2, 0) is 9.53 Å². The number of hydrogen-bond acceptors (Lipinski definition) is 7. The summed E-state index contributed by atoms with van der Waals surface area (Å²) in [5.74, 6) is 0.199. The van der Waals surface area contributed by atoms with Gasteiger partial charge < -0.3 is 30.3 Å². The predicted molar refractivity (Wildman–Crippen MR) is 164 cm³/mol. The molecule has 5 rings (SSSR count). The van der Waals surface area contributed by atoms with Crippen molar-refractivity contribution in [2.45, 2.75) is 63.2 Å². The van der Waals surface area contributed by atoms with Crippen LogP contribution < -0.4 is 15.8 Å². The molecule has 0 radical (unpaired) electrons. The number of ether oxygens (including phenoxy) is 2. The second kappa shape index (κ2) is 14.3. The molecule has 43 heavy (non-hydrogen) atoms. The third kappa shape index (κ3) is 7.74. The predicted octanol–water partition coefficient (Wildman–Crippen LogP) is 2.45. The van der Waals surface area contributed by atoms with Crippen molar-refractivity contribution < 1.29 is 23.9 Å². The molecule has 10 heteroatoms. The Morgan fingerprint density at radius 1 is 0.977 bits per heavy atom. The number of benzene rings is 2. The minimum atomic E-state index is -0.677. The van der Waals surface area contributed by atoms with Crippen LogP contribution in [0.25, 0.3) is 0 Å². The first kappa shape index (κ1) is 31.0. The van der Waals surface area contributed by atoms with E-state index in [4.69, 9.17) is 15.2 Å². The van der Waals surface area contributed by atoms with Gasteiger partial charge in [0.2, 0.25) is 5.91 Å². The Morgan fingerprint density at radius 2 is 1.63 bits per heavy atom. The van der Waals surface area contributed by atoms with Gasteiger partial charge in [0.1, 0.15) is 11.8 Å². The third-order valence-electron chi connectivity index (χ3n) is 9.06. The highest BCUT2D eigenvalue weighted by atomic mass is 16.5. The van der Waals surface area contributed by atoms with Crippen molar-refractivity contribution in [1.82, 2.24) is 20.0 Å². The topological polar surface area (TPSA) is 117 Å². The lowest BCUT2D eigenvalue weighted by Crippen LogP contribution is -2.50. The Balaban J connectivity index is 1.40. The molecule has 3 aliphatic rings. The zero-order valence-corrected chi connectivity index (χ0v) is 25.4. The van der Waals surface area contributed by atoms with E-state index in [-0.39, 0.29) is 42.4 Å². The number of rotatable bonds is 9. The standard InChI is InChI=1S/C33H45N5O5/c1-23-3-5-24(6-4-23)33(41)38-22-28(21-30(38)31(39)35-27-11-9-26(34)10-12-27)37(16-15-36-17-19-43-20-18-36)32(40)25-7-13-29(42-2)14-8-25/h3-8,13-14,26-28,30H,9-12,15-22,34H2,1-2H3,(H,35,39). The maximum atomic E-state index is 14.0. The molecule has 232 valence electrons. The second-order valence-corrected chi connectivity index (χ2v) is 12.0. The van der Waals surface area contributed by atoms with E-state index < -0.39 is 6.04 Å². The summed E-state index contributed by atoms with van der Waals surface area (Å²) in [4.78, 5) is 47.5. The Hall–Kier alpha value is -3.47. The van der Waals surface area contributed by atoms with Crippen molar-refractivity contribution in [2.24, 2.45) is 5.73 Å².